The summed E-state index contributed by atoms with van der Waals surface area (Å²) in [5.41, 5.74) is 2.03. The Morgan fingerprint density at radius 2 is 1.64 bits per heavy atom. The van der Waals surface area contributed by atoms with E-state index in [2.05, 4.69) is 10.2 Å². The highest BCUT2D eigenvalue weighted by molar-refractivity contribution is 6.10. The lowest BCUT2D eigenvalue weighted by atomic mass is 9.90. The molecule has 28 heavy (non-hydrogen) atoms. The Labute approximate surface area is 167 Å². The van der Waals surface area contributed by atoms with Gasteiger partial charge in [0.25, 0.3) is 0 Å². The molecule has 1 aliphatic rings. The molecule has 1 N–H and O–H groups in total. The van der Waals surface area contributed by atoms with Crippen molar-refractivity contribution in [2.75, 3.05) is 26.2 Å². The highest BCUT2D eigenvalue weighted by atomic mass is 16.2. The number of likely N-dealkylation sites (tertiary alicyclic amines) is 1. The van der Waals surface area contributed by atoms with Crippen molar-refractivity contribution >= 4 is 11.7 Å². The fourth-order valence-corrected chi connectivity index (χ4v) is 3.82. The fraction of sp³-hybridized carbons (Fsp3) is 0.417. The predicted octanol–water partition coefficient (Wildman–Crippen LogP) is 4.01. The third-order valence-electron chi connectivity index (χ3n) is 5.50. The maximum atomic E-state index is 12.9. The van der Waals surface area contributed by atoms with Gasteiger partial charge in [-0.15, -0.1) is 0 Å². The molecule has 3 rings (SSSR count). The summed E-state index contributed by atoms with van der Waals surface area (Å²) < 4.78 is 0. The minimum Gasteiger partial charge on any atom is -0.356 e. The maximum absolute atomic E-state index is 12.9. The van der Waals surface area contributed by atoms with Gasteiger partial charge in [-0.2, -0.15) is 0 Å². The maximum Gasteiger partial charge on any atom is 0.227 e. The van der Waals surface area contributed by atoms with E-state index >= 15 is 0 Å². The van der Waals surface area contributed by atoms with Crippen LogP contribution in [0.4, 0.5) is 0 Å². The first-order valence-corrected chi connectivity index (χ1v) is 10.4. The van der Waals surface area contributed by atoms with Crippen LogP contribution in [0, 0.1) is 0 Å². The topological polar surface area (TPSA) is 49.4 Å². The van der Waals surface area contributed by atoms with E-state index in [1.54, 1.807) is 0 Å². The van der Waals surface area contributed by atoms with Crippen LogP contribution in [-0.4, -0.2) is 42.8 Å². The molecule has 0 aliphatic carbocycles. The Bertz CT molecular complexity index is 782. The average Bonchev–Trinajstić information content (AvgIpc) is 2.77. The Hall–Kier alpha value is -2.46. The van der Waals surface area contributed by atoms with E-state index in [1.807, 2.05) is 61.5 Å². The molecule has 0 bridgehead atoms. The normalized spacial score (nSPS) is 15.8. The molecule has 1 heterocycles. The predicted molar refractivity (Wildman–Crippen MR) is 113 cm³/mol. The van der Waals surface area contributed by atoms with Gasteiger partial charge in [-0.25, -0.2) is 0 Å². The molecule has 1 amide bonds. The molecule has 2 aromatic rings. The minimum atomic E-state index is -0.362. The van der Waals surface area contributed by atoms with E-state index < -0.39 is 0 Å². The molecule has 1 saturated heterocycles. The van der Waals surface area contributed by atoms with Crippen LogP contribution >= 0.6 is 0 Å². The van der Waals surface area contributed by atoms with Gasteiger partial charge in [-0.1, -0.05) is 61.0 Å². The average molecular weight is 379 g/mol. The number of carbonyl (C=O) groups is 2. The summed E-state index contributed by atoms with van der Waals surface area (Å²) in [4.78, 5) is 28.0. The Morgan fingerprint density at radius 3 is 2.39 bits per heavy atom. The number of benzene rings is 2. The molecule has 1 aliphatic heterocycles. The lowest BCUT2D eigenvalue weighted by Crippen LogP contribution is -2.34. The van der Waals surface area contributed by atoms with Gasteiger partial charge in [0.1, 0.15) is 0 Å². The van der Waals surface area contributed by atoms with E-state index in [4.69, 9.17) is 0 Å². The summed E-state index contributed by atoms with van der Waals surface area (Å²) in [5.74, 6) is -0.424. The molecule has 0 unspecified atom stereocenters. The van der Waals surface area contributed by atoms with Gasteiger partial charge in [0.15, 0.2) is 5.78 Å². The number of rotatable bonds is 8. The van der Waals surface area contributed by atoms with Crippen molar-refractivity contribution < 1.29 is 9.59 Å². The molecule has 0 radical (unpaired) electrons. The van der Waals surface area contributed by atoms with Gasteiger partial charge in [0, 0.05) is 17.7 Å². The molecule has 0 aromatic heterocycles. The molecular formula is C24H30N2O2. The first-order chi connectivity index (χ1) is 13.7. The van der Waals surface area contributed by atoms with Crippen LogP contribution in [0.25, 0.3) is 0 Å². The van der Waals surface area contributed by atoms with E-state index in [0.717, 1.165) is 18.5 Å². The second kappa shape index (κ2) is 10.2. The highest BCUT2D eigenvalue weighted by Gasteiger charge is 2.21. The van der Waals surface area contributed by atoms with E-state index in [0.29, 0.717) is 17.7 Å². The number of ketones is 1. The number of nitrogens with zero attached hydrogens (tertiary/aromatic N) is 1. The second-order valence-electron chi connectivity index (χ2n) is 7.55. The van der Waals surface area contributed by atoms with E-state index in [1.165, 1.54) is 32.4 Å². The van der Waals surface area contributed by atoms with Crippen molar-refractivity contribution in [2.45, 2.75) is 38.5 Å². The fourth-order valence-electron chi connectivity index (χ4n) is 3.82. The van der Waals surface area contributed by atoms with Crippen LogP contribution in [0.15, 0.2) is 54.6 Å². The van der Waals surface area contributed by atoms with Gasteiger partial charge >= 0.3 is 0 Å². The number of hydrogen-bond donors (Lipinski definition) is 1. The van der Waals surface area contributed by atoms with Gasteiger partial charge in [-0.3, -0.25) is 9.59 Å². The smallest absolute Gasteiger partial charge is 0.227 e. The number of amides is 1. The van der Waals surface area contributed by atoms with Crippen molar-refractivity contribution in [1.29, 1.82) is 0 Å². The first-order valence-electron chi connectivity index (χ1n) is 10.4. The van der Waals surface area contributed by atoms with Crippen molar-refractivity contribution in [3.63, 3.8) is 0 Å². The molecule has 1 atom stereocenters. The van der Waals surface area contributed by atoms with Crippen LogP contribution in [0.1, 0.15) is 60.0 Å². The number of piperidine rings is 1. The van der Waals surface area contributed by atoms with Crippen LogP contribution in [0.2, 0.25) is 0 Å². The lowest BCUT2D eigenvalue weighted by molar-refractivity contribution is -0.122. The molecule has 2 aromatic carbocycles. The minimum absolute atomic E-state index is 0.0213. The second-order valence-corrected chi connectivity index (χ2v) is 7.55. The van der Waals surface area contributed by atoms with Crippen molar-refractivity contribution in [1.82, 2.24) is 10.2 Å². The largest absolute Gasteiger partial charge is 0.356 e. The van der Waals surface area contributed by atoms with Crippen molar-refractivity contribution in [3.05, 3.63) is 71.3 Å². The van der Waals surface area contributed by atoms with Crippen molar-refractivity contribution in [3.8, 4) is 0 Å². The molecule has 148 valence electrons. The molecule has 4 heteroatoms. The van der Waals surface area contributed by atoms with Gasteiger partial charge in [0.05, 0.1) is 5.92 Å². The summed E-state index contributed by atoms with van der Waals surface area (Å²) >= 11 is 0. The van der Waals surface area contributed by atoms with Crippen molar-refractivity contribution in [2.24, 2.45) is 0 Å². The van der Waals surface area contributed by atoms with Gasteiger partial charge in [-0.05, 0) is 51.4 Å². The van der Waals surface area contributed by atoms with Crippen LogP contribution in [-0.2, 0) is 4.79 Å². The zero-order valence-corrected chi connectivity index (χ0v) is 16.7. The number of carbonyl (C=O) groups excluding carboxylic acids is 2. The first kappa shape index (κ1) is 20.3. The van der Waals surface area contributed by atoms with Crippen LogP contribution < -0.4 is 5.32 Å². The number of hydrogen-bond acceptors (Lipinski definition) is 3. The van der Waals surface area contributed by atoms with Crippen LogP contribution in [0.3, 0.4) is 0 Å². The third-order valence-corrected chi connectivity index (χ3v) is 5.50. The molecular weight excluding hydrogens is 348 g/mol. The zero-order valence-electron chi connectivity index (χ0n) is 16.7. The zero-order chi connectivity index (χ0) is 19.8. The molecule has 1 fully saturated rings. The monoisotopic (exact) mass is 378 g/mol. The Balaban J connectivity index is 1.58. The van der Waals surface area contributed by atoms with E-state index in [-0.39, 0.29) is 17.6 Å². The van der Waals surface area contributed by atoms with Crippen LogP contribution in [0.5, 0.6) is 0 Å². The third kappa shape index (κ3) is 5.29. The standard InChI is InChI=1S/C24H30N2O2/c1-19(24(28)25-15-10-18-26-16-8-3-9-17-26)21-13-6-7-14-22(21)23(27)20-11-4-2-5-12-20/h2,4-7,11-14,19H,3,8-10,15-18H2,1H3,(H,25,28)/t19-/m1/s1. The summed E-state index contributed by atoms with van der Waals surface area (Å²) in [7, 11) is 0. The molecule has 4 nitrogen and oxygen atoms in total. The van der Waals surface area contributed by atoms with Gasteiger partial charge < -0.3 is 10.2 Å². The molecule has 0 spiro atoms. The summed E-state index contributed by atoms with van der Waals surface area (Å²) in [6.07, 6.45) is 4.88. The Kier molecular flexibility index (Phi) is 7.38. The SMILES string of the molecule is C[C@@H](C(=O)NCCCN1CCCCC1)c1ccccc1C(=O)c1ccccc1. The highest BCUT2D eigenvalue weighted by Crippen LogP contribution is 2.23. The summed E-state index contributed by atoms with van der Waals surface area (Å²) in [6, 6.07) is 16.7. The summed E-state index contributed by atoms with van der Waals surface area (Å²) in [5, 5.41) is 3.05. The Morgan fingerprint density at radius 1 is 0.964 bits per heavy atom. The summed E-state index contributed by atoms with van der Waals surface area (Å²) in [6.45, 7) is 5.95. The van der Waals surface area contributed by atoms with E-state index in [9.17, 15) is 9.59 Å². The lowest BCUT2D eigenvalue weighted by Gasteiger charge is -2.26. The molecule has 0 saturated carbocycles. The number of nitrogens with one attached hydrogen (secondary N) is 1. The quantitative estimate of drug-likeness (QED) is 0.558. The van der Waals surface area contributed by atoms with Gasteiger partial charge in [0.2, 0.25) is 5.91 Å².